The molecule has 0 spiro atoms. The minimum absolute atomic E-state index is 0.0419. The van der Waals surface area contributed by atoms with Crippen LogP contribution in [0.3, 0.4) is 0 Å². The number of fused-ring (bicyclic) bond motifs is 1. The van der Waals surface area contributed by atoms with E-state index in [0.29, 0.717) is 24.4 Å². The zero-order valence-electron chi connectivity index (χ0n) is 16.6. The normalized spacial score (nSPS) is 15.2. The topological polar surface area (TPSA) is 63.0 Å². The summed E-state index contributed by atoms with van der Waals surface area (Å²) in [6, 6.07) is 16.2. The Kier molecular flexibility index (Phi) is 6.35. The SMILES string of the molecule is O=C(COc1ccc2ccc(=O)oc2c1)N1CCCN(Cc2ccc(Cl)cc2)CC1. The van der Waals surface area contributed by atoms with Gasteiger partial charge in [-0.1, -0.05) is 23.7 Å². The molecule has 0 atom stereocenters. The van der Waals surface area contributed by atoms with Gasteiger partial charge in [0.25, 0.3) is 5.91 Å². The minimum Gasteiger partial charge on any atom is -0.484 e. The number of amides is 1. The summed E-state index contributed by atoms with van der Waals surface area (Å²) in [6.45, 7) is 3.94. The molecule has 1 amide bonds. The monoisotopic (exact) mass is 426 g/mol. The van der Waals surface area contributed by atoms with Gasteiger partial charge in [0.05, 0.1) is 0 Å². The minimum atomic E-state index is -0.413. The Morgan fingerprint density at radius 1 is 1.00 bits per heavy atom. The van der Waals surface area contributed by atoms with Gasteiger partial charge in [-0.3, -0.25) is 9.69 Å². The lowest BCUT2D eigenvalue weighted by Gasteiger charge is -2.22. The van der Waals surface area contributed by atoms with Gasteiger partial charge in [0.2, 0.25) is 0 Å². The zero-order chi connectivity index (χ0) is 20.9. The highest BCUT2D eigenvalue weighted by Crippen LogP contribution is 2.19. The van der Waals surface area contributed by atoms with Gasteiger partial charge >= 0.3 is 5.63 Å². The first-order valence-corrected chi connectivity index (χ1v) is 10.4. The van der Waals surface area contributed by atoms with Crippen molar-refractivity contribution in [1.29, 1.82) is 0 Å². The molecule has 1 saturated heterocycles. The molecule has 0 bridgehead atoms. The van der Waals surface area contributed by atoms with E-state index < -0.39 is 5.63 Å². The van der Waals surface area contributed by atoms with Crippen molar-refractivity contribution in [2.75, 3.05) is 32.8 Å². The van der Waals surface area contributed by atoms with E-state index in [2.05, 4.69) is 4.90 Å². The molecule has 2 heterocycles. The number of carbonyl (C=O) groups is 1. The molecule has 1 aromatic heterocycles. The molecule has 7 heteroatoms. The molecule has 0 saturated carbocycles. The quantitative estimate of drug-likeness (QED) is 0.584. The lowest BCUT2D eigenvalue weighted by atomic mass is 10.2. The van der Waals surface area contributed by atoms with Gasteiger partial charge in [0.1, 0.15) is 11.3 Å². The van der Waals surface area contributed by atoms with Crippen LogP contribution in [0, 0.1) is 0 Å². The Morgan fingerprint density at radius 2 is 1.80 bits per heavy atom. The Hall–Kier alpha value is -2.83. The molecule has 0 radical (unpaired) electrons. The first-order valence-electron chi connectivity index (χ1n) is 9.98. The summed E-state index contributed by atoms with van der Waals surface area (Å²) in [7, 11) is 0. The summed E-state index contributed by atoms with van der Waals surface area (Å²) in [5.74, 6) is 0.461. The maximum Gasteiger partial charge on any atom is 0.336 e. The van der Waals surface area contributed by atoms with Crippen LogP contribution >= 0.6 is 11.6 Å². The number of benzene rings is 2. The molecule has 0 unspecified atom stereocenters. The van der Waals surface area contributed by atoms with Gasteiger partial charge < -0.3 is 14.1 Å². The lowest BCUT2D eigenvalue weighted by Crippen LogP contribution is -2.38. The highest BCUT2D eigenvalue weighted by molar-refractivity contribution is 6.30. The van der Waals surface area contributed by atoms with Gasteiger partial charge in [0.15, 0.2) is 6.61 Å². The lowest BCUT2D eigenvalue weighted by molar-refractivity contribution is -0.133. The summed E-state index contributed by atoms with van der Waals surface area (Å²) in [5, 5.41) is 1.54. The van der Waals surface area contributed by atoms with Crippen LogP contribution in [0.5, 0.6) is 5.75 Å². The number of ether oxygens (including phenoxy) is 1. The van der Waals surface area contributed by atoms with Gasteiger partial charge in [-0.15, -0.1) is 0 Å². The Morgan fingerprint density at radius 3 is 2.63 bits per heavy atom. The second kappa shape index (κ2) is 9.32. The fourth-order valence-electron chi connectivity index (χ4n) is 3.59. The maximum absolute atomic E-state index is 12.6. The standard InChI is InChI=1S/C23H23ClN2O4/c24-19-6-2-17(3-7-19)15-25-10-1-11-26(13-12-25)22(27)16-29-20-8-4-18-5-9-23(28)30-21(18)14-20/h2-9,14H,1,10-13,15-16H2. The number of hydrogen-bond donors (Lipinski definition) is 0. The van der Waals surface area contributed by atoms with Gasteiger partial charge in [-0.2, -0.15) is 0 Å². The van der Waals surface area contributed by atoms with Crippen molar-refractivity contribution in [3.63, 3.8) is 0 Å². The number of halogens is 1. The van der Waals surface area contributed by atoms with E-state index in [-0.39, 0.29) is 12.5 Å². The van der Waals surface area contributed by atoms with Crippen LogP contribution < -0.4 is 10.4 Å². The Balaban J connectivity index is 1.30. The molecule has 1 fully saturated rings. The smallest absolute Gasteiger partial charge is 0.336 e. The second-order valence-corrected chi connectivity index (χ2v) is 7.82. The van der Waals surface area contributed by atoms with Crippen molar-refractivity contribution in [2.45, 2.75) is 13.0 Å². The molecular formula is C23H23ClN2O4. The van der Waals surface area contributed by atoms with Gasteiger partial charge in [0, 0.05) is 55.3 Å². The summed E-state index contributed by atoms with van der Waals surface area (Å²) >= 11 is 5.96. The van der Waals surface area contributed by atoms with Gasteiger partial charge in [-0.25, -0.2) is 4.79 Å². The maximum atomic E-state index is 12.6. The van der Waals surface area contributed by atoms with Crippen LogP contribution in [0.2, 0.25) is 5.02 Å². The van der Waals surface area contributed by atoms with Crippen LogP contribution in [0.1, 0.15) is 12.0 Å². The Labute approximate surface area is 179 Å². The second-order valence-electron chi connectivity index (χ2n) is 7.38. The van der Waals surface area contributed by atoms with E-state index in [9.17, 15) is 9.59 Å². The molecule has 30 heavy (non-hydrogen) atoms. The first-order chi connectivity index (χ1) is 14.6. The van der Waals surface area contributed by atoms with Crippen LogP contribution in [0.25, 0.3) is 11.0 Å². The van der Waals surface area contributed by atoms with Crippen molar-refractivity contribution in [2.24, 2.45) is 0 Å². The molecule has 4 rings (SSSR count). The zero-order valence-corrected chi connectivity index (χ0v) is 17.3. The average Bonchev–Trinajstić information content (AvgIpc) is 2.99. The fourth-order valence-corrected chi connectivity index (χ4v) is 3.72. The highest BCUT2D eigenvalue weighted by Gasteiger charge is 2.19. The molecule has 156 valence electrons. The third-order valence-electron chi connectivity index (χ3n) is 5.22. The van der Waals surface area contributed by atoms with E-state index in [1.54, 1.807) is 24.3 Å². The van der Waals surface area contributed by atoms with E-state index in [0.717, 1.165) is 36.5 Å². The molecular weight excluding hydrogens is 404 g/mol. The number of carbonyl (C=O) groups excluding carboxylic acids is 1. The first kappa shape index (κ1) is 20.4. The molecule has 0 aliphatic carbocycles. The third kappa shape index (κ3) is 5.20. The van der Waals surface area contributed by atoms with Crippen molar-refractivity contribution < 1.29 is 13.9 Å². The highest BCUT2D eigenvalue weighted by atomic mass is 35.5. The van der Waals surface area contributed by atoms with E-state index in [1.165, 1.54) is 11.6 Å². The molecule has 2 aromatic carbocycles. The molecule has 0 N–H and O–H groups in total. The van der Waals surface area contributed by atoms with E-state index in [4.69, 9.17) is 20.8 Å². The van der Waals surface area contributed by atoms with E-state index >= 15 is 0 Å². The average molecular weight is 427 g/mol. The van der Waals surface area contributed by atoms with Crippen LogP contribution in [0.15, 0.2) is 63.8 Å². The molecule has 1 aliphatic rings. The van der Waals surface area contributed by atoms with Crippen molar-refractivity contribution in [3.05, 3.63) is 75.6 Å². The molecule has 6 nitrogen and oxygen atoms in total. The van der Waals surface area contributed by atoms with Crippen LogP contribution in [0.4, 0.5) is 0 Å². The summed E-state index contributed by atoms with van der Waals surface area (Å²) in [6.07, 6.45) is 0.917. The van der Waals surface area contributed by atoms with Crippen LogP contribution in [-0.4, -0.2) is 48.5 Å². The van der Waals surface area contributed by atoms with Crippen LogP contribution in [-0.2, 0) is 11.3 Å². The summed E-state index contributed by atoms with van der Waals surface area (Å²) < 4.78 is 10.8. The van der Waals surface area contributed by atoms with Gasteiger partial charge in [-0.05, 0) is 42.3 Å². The largest absolute Gasteiger partial charge is 0.484 e. The number of hydrogen-bond acceptors (Lipinski definition) is 5. The predicted molar refractivity (Wildman–Crippen MR) is 116 cm³/mol. The van der Waals surface area contributed by atoms with Crippen molar-refractivity contribution >= 4 is 28.5 Å². The number of nitrogens with zero attached hydrogens (tertiary/aromatic N) is 2. The van der Waals surface area contributed by atoms with E-state index in [1.807, 2.05) is 29.2 Å². The Bertz CT molecular complexity index is 1080. The van der Waals surface area contributed by atoms with Crippen molar-refractivity contribution in [3.8, 4) is 5.75 Å². The summed E-state index contributed by atoms with van der Waals surface area (Å²) in [5.41, 5.74) is 1.24. The predicted octanol–water partition coefficient (Wildman–Crippen LogP) is 3.56. The third-order valence-corrected chi connectivity index (χ3v) is 5.47. The fraction of sp³-hybridized carbons (Fsp3) is 0.304. The molecule has 3 aromatic rings. The molecule has 1 aliphatic heterocycles. The summed E-state index contributed by atoms with van der Waals surface area (Å²) in [4.78, 5) is 28.2. The number of rotatable bonds is 5. The van der Waals surface area contributed by atoms with Crippen molar-refractivity contribution in [1.82, 2.24) is 9.80 Å².